The van der Waals surface area contributed by atoms with Crippen LogP contribution in [-0.4, -0.2) is 30.9 Å². The third kappa shape index (κ3) is 2.20. The fraction of sp³-hybridized carbons (Fsp3) is 0.500. The molecule has 1 aliphatic heterocycles. The van der Waals surface area contributed by atoms with Crippen molar-refractivity contribution in [1.82, 2.24) is 0 Å². The van der Waals surface area contributed by atoms with Gasteiger partial charge >= 0.3 is 108 Å². The van der Waals surface area contributed by atoms with Crippen LogP contribution in [0, 0.1) is 5.92 Å². The van der Waals surface area contributed by atoms with E-state index in [0.717, 1.165) is 6.42 Å². The molecular formula is C14H17NOSe. The van der Waals surface area contributed by atoms with Gasteiger partial charge in [-0.1, -0.05) is 0 Å². The molecule has 0 aromatic heterocycles. The summed E-state index contributed by atoms with van der Waals surface area (Å²) in [7, 11) is 0. The summed E-state index contributed by atoms with van der Waals surface area (Å²) < 4.78 is 1.69. The average molecular weight is 294 g/mol. The zero-order chi connectivity index (χ0) is 11.9. The molecule has 2 atom stereocenters. The number of aliphatic imine (C=N–C) groups is 1. The quantitative estimate of drug-likeness (QED) is 0.834. The van der Waals surface area contributed by atoms with Gasteiger partial charge in [0.05, 0.1) is 0 Å². The van der Waals surface area contributed by atoms with Crippen molar-refractivity contribution >= 4 is 19.6 Å². The molecule has 0 amide bonds. The second-order valence-corrected chi connectivity index (χ2v) is 8.18. The Morgan fingerprint density at radius 1 is 1.35 bits per heavy atom. The topological polar surface area (TPSA) is 32.6 Å². The van der Waals surface area contributed by atoms with Crippen molar-refractivity contribution in [2.24, 2.45) is 10.9 Å². The molecule has 0 bridgehead atoms. The summed E-state index contributed by atoms with van der Waals surface area (Å²) in [6.07, 6.45) is 3.04. The summed E-state index contributed by atoms with van der Waals surface area (Å²) in [4.78, 5) is 4.49. The number of hydrogen-bond donors (Lipinski definition) is 1. The van der Waals surface area contributed by atoms with Crippen LogP contribution >= 0.6 is 0 Å². The molecule has 2 unspecified atom stereocenters. The summed E-state index contributed by atoms with van der Waals surface area (Å²) in [6, 6.07) is 10.5. The molecule has 1 fully saturated rings. The van der Waals surface area contributed by atoms with Gasteiger partial charge in [-0.15, -0.1) is 0 Å². The summed E-state index contributed by atoms with van der Waals surface area (Å²) in [5, 5.41) is 10.0. The molecule has 17 heavy (non-hydrogen) atoms. The third-order valence-electron chi connectivity index (χ3n) is 3.82. The molecule has 3 heteroatoms. The number of rotatable bonds is 2. The van der Waals surface area contributed by atoms with Gasteiger partial charge in [0.25, 0.3) is 0 Å². The second-order valence-electron chi connectivity index (χ2n) is 5.05. The predicted octanol–water partition coefficient (Wildman–Crippen LogP) is 2.25. The standard InChI is InChI=1S/C14H17NOSe/c1-10-13(16)15-12(17-14(10)7-8-14)9-11-5-3-2-4-6-11/h2-6,10,13,16H,7-9H2,1H3. The van der Waals surface area contributed by atoms with Crippen LogP contribution in [0.3, 0.4) is 0 Å². The molecule has 2 aliphatic rings. The van der Waals surface area contributed by atoms with Gasteiger partial charge in [-0.2, -0.15) is 0 Å². The molecule has 0 saturated heterocycles. The van der Waals surface area contributed by atoms with Gasteiger partial charge in [0.2, 0.25) is 0 Å². The van der Waals surface area contributed by atoms with Crippen LogP contribution in [0.5, 0.6) is 0 Å². The molecule has 1 aliphatic carbocycles. The van der Waals surface area contributed by atoms with Crippen LogP contribution in [0.25, 0.3) is 0 Å². The monoisotopic (exact) mass is 295 g/mol. The number of aliphatic hydroxyl groups excluding tert-OH is 1. The van der Waals surface area contributed by atoms with Crippen molar-refractivity contribution in [2.45, 2.75) is 36.7 Å². The molecule has 1 spiro atoms. The van der Waals surface area contributed by atoms with E-state index in [1.165, 1.54) is 23.0 Å². The number of hydrogen-bond acceptors (Lipinski definition) is 2. The summed E-state index contributed by atoms with van der Waals surface area (Å²) in [5.74, 6) is 0.363. The van der Waals surface area contributed by atoms with E-state index in [9.17, 15) is 5.11 Å². The first kappa shape index (κ1) is 11.5. The summed E-state index contributed by atoms with van der Waals surface area (Å²) >= 11 is 0.474. The van der Waals surface area contributed by atoms with E-state index < -0.39 is 6.23 Å². The van der Waals surface area contributed by atoms with Crippen molar-refractivity contribution in [2.75, 3.05) is 0 Å². The van der Waals surface area contributed by atoms with Crippen molar-refractivity contribution in [3.63, 3.8) is 0 Å². The SMILES string of the molecule is CC1C(O)N=C(Cc2ccccc2)[Se]C12CC2. The maximum atomic E-state index is 10.0. The Labute approximate surface area is 108 Å². The fourth-order valence-electron chi connectivity index (χ4n) is 2.42. The zero-order valence-corrected chi connectivity index (χ0v) is 11.7. The normalized spacial score (nSPS) is 30.1. The Morgan fingerprint density at radius 3 is 2.71 bits per heavy atom. The van der Waals surface area contributed by atoms with E-state index in [0.29, 0.717) is 25.2 Å². The van der Waals surface area contributed by atoms with E-state index in [1.807, 2.05) is 6.07 Å². The van der Waals surface area contributed by atoms with Gasteiger partial charge in [0.15, 0.2) is 0 Å². The van der Waals surface area contributed by atoms with Crippen LogP contribution in [0.4, 0.5) is 0 Å². The van der Waals surface area contributed by atoms with Gasteiger partial charge < -0.3 is 0 Å². The van der Waals surface area contributed by atoms with Crippen LogP contribution in [0.2, 0.25) is 4.31 Å². The van der Waals surface area contributed by atoms with E-state index >= 15 is 0 Å². The summed E-state index contributed by atoms with van der Waals surface area (Å²) in [6.45, 7) is 2.15. The molecular weight excluding hydrogens is 277 g/mol. The van der Waals surface area contributed by atoms with Gasteiger partial charge in [-0.05, 0) is 0 Å². The first-order valence-corrected chi connectivity index (χ1v) is 7.89. The van der Waals surface area contributed by atoms with Gasteiger partial charge in [-0.3, -0.25) is 0 Å². The minimum absolute atomic E-state index is 0.363. The van der Waals surface area contributed by atoms with E-state index in [2.05, 4.69) is 36.2 Å². The molecule has 90 valence electrons. The Kier molecular flexibility index (Phi) is 2.86. The van der Waals surface area contributed by atoms with Gasteiger partial charge in [0, 0.05) is 0 Å². The van der Waals surface area contributed by atoms with Crippen LogP contribution in [-0.2, 0) is 6.42 Å². The van der Waals surface area contributed by atoms with E-state index in [1.54, 1.807) is 0 Å². The van der Waals surface area contributed by atoms with Crippen molar-refractivity contribution in [3.8, 4) is 0 Å². The zero-order valence-electron chi connectivity index (χ0n) is 9.97. The molecule has 1 aromatic carbocycles. The van der Waals surface area contributed by atoms with Crippen LogP contribution < -0.4 is 0 Å². The molecule has 1 N–H and O–H groups in total. The third-order valence-corrected chi connectivity index (χ3v) is 7.32. The fourth-order valence-corrected chi connectivity index (χ4v) is 5.53. The Balaban J connectivity index is 1.78. The summed E-state index contributed by atoms with van der Waals surface area (Å²) in [5.41, 5.74) is 1.31. The first-order chi connectivity index (χ1) is 8.20. The molecule has 3 rings (SSSR count). The number of benzene rings is 1. The van der Waals surface area contributed by atoms with E-state index in [-0.39, 0.29) is 0 Å². The molecule has 1 heterocycles. The molecule has 2 nitrogen and oxygen atoms in total. The Hall–Kier alpha value is -0.631. The maximum absolute atomic E-state index is 10.0. The van der Waals surface area contributed by atoms with Crippen LogP contribution in [0.1, 0.15) is 25.3 Å². The van der Waals surface area contributed by atoms with E-state index in [4.69, 9.17) is 0 Å². The molecule has 1 saturated carbocycles. The van der Waals surface area contributed by atoms with Gasteiger partial charge in [-0.25, -0.2) is 0 Å². The van der Waals surface area contributed by atoms with Crippen molar-refractivity contribution < 1.29 is 5.11 Å². The molecule has 1 aromatic rings. The minimum atomic E-state index is -0.466. The average Bonchev–Trinajstić information content (AvgIpc) is 3.08. The predicted molar refractivity (Wildman–Crippen MR) is 70.4 cm³/mol. The molecule has 0 radical (unpaired) electrons. The number of nitrogens with zero attached hydrogens (tertiary/aromatic N) is 1. The first-order valence-electron chi connectivity index (χ1n) is 6.17. The van der Waals surface area contributed by atoms with Crippen LogP contribution in [0.15, 0.2) is 35.3 Å². The van der Waals surface area contributed by atoms with Crippen molar-refractivity contribution in [3.05, 3.63) is 35.9 Å². The second kappa shape index (κ2) is 4.24. The number of aliphatic hydroxyl groups is 1. The van der Waals surface area contributed by atoms with Crippen molar-refractivity contribution in [1.29, 1.82) is 0 Å². The van der Waals surface area contributed by atoms with Gasteiger partial charge in [0.1, 0.15) is 0 Å². The Morgan fingerprint density at radius 2 is 2.06 bits per heavy atom. The Bertz CT molecular complexity index is 439.